The Morgan fingerprint density at radius 2 is 1.97 bits per heavy atom. The summed E-state index contributed by atoms with van der Waals surface area (Å²) in [7, 11) is 0. The van der Waals surface area contributed by atoms with Crippen molar-refractivity contribution < 1.29 is 18.8 Å². The Morgan fingerprint density at radius 1 is 1.17 bits per heavy atom. The lowest BCUT2D eigenvalue weighted by Crippen LogP contribution is -2.28. The second-order valence-electron chi connectivity index (χ2n) is 7.72. The summed E-state index contributed by atoms with van der Waals surface area (Å²) in [4.78, 5) is 12.7. The maximum absolute atomic E-state index is 12.7. The molecule has 150 valence electrons. The van der Waals surface area contributed by atoms with Crippen molar-refractivity contribution in [1.82, 2.24) is 10.5 Å². The number of aromatic nitrogens is 1. The van der Waals surface area contributed by atoms with Crippen LogP contribution in [0.25, 0.3) is 11.3 Å². The summed E-state index contributed by atoms with van der Waals surface area (Å²) >= 11 is 0. The van der Waals surface area contributed by atoms with Crippen LogP contribution in [-0.4, -0.2) is 29.8 Å². The van der Waals surface area contributed by atoms with Gasteiger partial charge in [0.15, 0.2) is 11.5 Å². The van der Waals surface area contributed by atoms with E-state index in [1.54, 1.807) is 6.92 Å². The molecule has 0 fully saturated rings. The van der Waals surface area contributed by atoms with E-state index in [4.69, 9.17) is 14.0 Å². The molecule has 0 aliphatic carbocycles. The number of fused-ring (bicyclic) bond motifs is 1. The minimum Gasteiger partial charge on any atom is -0.488 e. The van der Waals surface area contributed by atoms with Gasteiger partial charge in [0.2, 0.25) is 0 Å². The second-order valence-corrected chi connectivity index (χ2v) is 7.72. The van der Waals surface area contributed by atoms with E-state index in [0.717, 1.165) is 23.3 Å². The van der Waals surface area contributed by atoms with Crippen LogP contribution in [-0.2, 0) is 6.42 Å². The van der Waals surface area contributed by atoms with Gasteiger partial charge >= 0.3 is 0 Å². The number of amides is 1. The highest BCUT2D eigenvalue weighted by atomic mass is 16.5. The monoisotopic (exact) mass is 392 g/mol. The summed E-state index contributed by atoms with van der Waals surface area (Å²) in [5.41, 5.74) is 2.74. The Hall–Kier alpha value is -3.28. The van der Waals surface area contributed by atoms with Gasteiger partial charge in [0.25, 0.3) is 5.91 Å². The highest BCUT2D eigenvalue weighted by Gasteiger charge is 2.32. The number of para-hydroxylation sites is 1. The van der Waals surface area contributed by atoms with Crippen LogP contribution in [0.4, 0.5) is 0 Å². The van der Waals surface area contributed by atoms with Gasteiger partial charge in [0.05, 0.1) is 6.54 Å². The maximum Gasteiger partial charge on any atom is 0.257 e. The summed E-state index contributed by atoms with van der Waals surface area (Å²) in [5, 5.41) is 6.94. The van der Waals surface area contributed by atoms with Crippen molar-refractivity contribution >= 4 is 5.91 Å². The van der Waals surface area contributed by atoms with Gasteiger partial charge in [0, 0.05) is 17.5 Å². The highest BCUT2D eigenvalue weighted by Crippen LogP contribution is 2.41. The summed E-state index contributed by atoms with van der Waals surface area (Å²) in [6, 6.07) is 15.4. The SMILES string of the molecule is Cc1onc(-c2ccccc2)c1C(=O)NCCOc1cccc2c1OC(C)(C)C2. The van der Waals surface area contributed by atoms with E-state index in [-0.39, 0.29) is 11.5 Å². The number of nitrogens with zero attached hydrogens (tertiary/aromatic N) is 1. The van der Waals surface area contributed by atoms with E-state index in [1.807, 2.05) is 42.5 Å². The molecule has 2 aromatic carbocycles. The Kier molecular flexibility index (Phi) is 5.01. The summed E-state index contributed by atoms with van der Waals surface area (Å²) in [6.45, 7) is 6.53. The molecule has 29 heavy (non-hydrogen) atoms. The van der Waals surface area contributed by atoms with Crippen molar-refractivity contribution in [2.75, 3.05) is 13.2 Å². The Bertz CT molecular complexity index is 1020. The lowest BCUT2D eigenvalue weighted by atomic mass is 10.0. The van der Waals surface area contributed by atoms with Crippen LogP contribution >= 0.6 is 0 Å². The molecule has 1 aromatic heterocycles. The lowest BCUT2D eigenvalue weighted by Gasteiger charge is -2.18. The number of aryl methyl sites for hydroxylation is 1. The van der Waals surface area contributed by atoms with Crippen molar-refractivity contribution in [3.8, 4) is 22.8 Å². The van der Waals surface area contributed by atoms with Crippen LogP contribution in [0.3, 0.4) is 0 Å². The van der Waals surface area contributed by atoms with E-state index < -0.39 is 0 Å². The normalized spacial score (nSPS) is 14.2. The predicted octanol–water partition coefficient (Wildman–Crippen LogP) is 4.17. The third-order valence-corrected chi connectivity index (χ3v) is 4.84. The first-order valence-electron chi connectivity index (χ1n) is 9.68. The zero-order valence-corrected chi connectivity index (χ0v) is 16.8. The van der Waals surface area contributed by atoms with Crippen molar-refractivity contribution in [2.45, 2.75) is 32.8 Å². The predicted molar refractivity (Wildman–Crippen MR) is 109 cm³/mol. The molecule has 4 rings (SSSR count). The summed E-state index contributed by atoms with van der Waals surface area (Å²) in [5.74, 6) is 1.75. The van der Waals surface area contributed by atoms with Gasteiger partial charge in [-0.2, -0.15) is 0 Å². The molecule has 0 atom stereocenters. The largest absolute Gasteiger partial charge is 0.488 e. The van der Waals surface area contributed by atoms with Crippen LogP contribution in [0.2, 0.25) is 0 Å². The van der Waals surface area contributed by atoms with Crippen LogP contribution in [0.15, 0.2) is 53.1 Å². The van der Waals surface area contributed by atoms with Crippen LogP contribution in [0.5, 0.6) is 11.5 Å². The first-order valence-corrected chi connectivity index (χ1v) is 9.68. The fourth-order valence-corrected chi connectivity index (χ4v) is 3.55. The summed E-state index contributed by atoms with van der Waals surface area (Å²) in [6.07, 6.45) is 0.852. The Balaban J connectivity index is 1.38. The Labute approximate surface area is 169 Å². The van der Waals surface area contributed by atoms with Crippen LogP contribution in [0.1, 0.15) is 35.5 Å². The molecule has 0 unspecified atom stereocenters. The number of hydrogen-bond donors (Lipinski definition) is 1. The fraction of sp³-hybridized carbons (Fsp3) is 0.304. The van der Waals surface area contributed by atoms with E-state index in [2.05, 4.69) is 30.4 Å². The van der Waals surface area contributed by atoms with Crippen molar-refractivity contribution in [1.29, 1.82) is 0 Å². The topological polar surface area (TPSA) is 73.6 Å². The quantitative estimate of drug-likeness (QED) is 0.637. The molecule has 1 N–H and O–H groups in total. The minimum absolute atomic E-state index is 0.227. The number of ether oxygens (including phenoxy) is 2. The van der Waals surface area contributed by atoms with Gasteiger partial charge in [-0.1, -0.05) is 47.6 Å². The molecule has 1 aliphatic rings. The van der Waals surface area contributed by atoms with Crippen molar-refractivity contribution in [2.24, 2.45) is 0 Å². The van der Waals surface area contributed by atoms with Crippen LogP contribution in [0, 0.1) is 6.92 Å². The lowest BCUT2D eigenvalue weighted by molar-refractivity contribution is 0.0945. The molecule has 0 saturated heterocycles. The molecular weight excluding hydrogens is 368 g/mol. The van der Waals surface area contributed by atoms with Gasteiger partial charge in [-0.25, -0.2) is 0 Å². The molecule has 3 aromatic rings. The van der Waals surface area contributed by atoms with E-state index in [9.17, 15) is 4.79 Å². The number of carbonyl (C=O) groups is 1. The minimum atomic E-state index is -0.234. The molecule has 2 heterocycles. The second kappa shape index (κ2) is 7.62. The van der Waals surface area contributed by atoms with Gasteiger partial charge in [-0.05, 0) is 26.8 Å². The highest BCUT2D eigenvalue weighted by molar-refractivity contribution is 6.00. The smallest absolute Gasteiger partial charge is 0.257 e. The third-order valence-electron chi connectivity index (χ3n) is 4.84. The molecule has 1 amide bonds. The Morgan fingerprint density at radius 3 is 2.76 bits per heavy atom. The third kappa shape index (κ3) is 3.97. The van der Waals surface area contributed by atoms with Crippen molar-refractivity contribution in [3.63, 3.8) is 0 Å². The summed E-state index contributed by atoms with van der Waals surface area (Å²) < 4.78 is 17.1. The number of rotatable bonds is 6. The van der Waals surface area contributed by atoms with E-state index in [1.165, 1.54) is 0 Å². The van der Waals surface area contributed by atoms with Gasteiger partial charge in [0.1, 0.15) is 29.2 Å². The fourth-order valence-electron chi connectivity index (χ4n) is 3.55. The van der Waals surface area contributed by atoms with Gasteiger partial charge < -0.3 is 19.3 Å². The number of nitrogens with one attached hydrogen (secondary N) is 1. The van der Waals surface area contributed by atoms with Gasteiger partial charge in [-0.15, -0.1) is 0 Å². The number of carbonyl (C=O) groups excluding carboxylic acids is 1. The maximum atomic E-state index is 12.7. The first kappa shape index (κ1) is 19.1. The molecule has 0 saturated carbocycles. The number of benzene rings is 2. The zero-order valence-electron chi connectivity index (χ0n) is 16.8. The molecular formula is C23H24N2O4. The van der Waals surface area contributed by atoms with Gasteiger partial charge in [-0.3, -0.25) is 4.79 Å². The number of hydrogen-bond acceptors (Lipinski definition) is 5. The molecule has 1 aliphatic heterocycles. The van der Waals surface area contributed by atoms with E-state index in [0.29, 0.717) is 35.9 Å². The standard InChI is InChI=1S/C23H24N2O4/c1-15-19(20(25-29-15)16-8-5-4-6-9-16)22(26)24-12-13-27-18-11-7-10-17-14-23(2,3)28-21(17)18/h4-11H,12-14H2,1-3H3,(H,24,26). The average Bonchev–Trinajstić information content (AvgIpc) is 3.24. The van der Waals surface area contributed by atoms with E-state index >= 15 is 0 Å². The molecule has 6 nitrogen and oxygen atoms in total. The molecule has 0 radical (unpaired) electrons. The molecule has 0 spiro atoms. The van der Waals surface area contributed by atoms with Crippen LogP contribution < -0.4 is 14.8 Å². The first-order chi connectivity index (χ1) is 13.9. The zero-order chi connectivity index (χ0) is 20.4. The molecule has 6 heteroatoms. The average molecular weight is 392 g/mol. The van der Waals surface area contributed by atoms with Crippen molar-refractivity contribution in [3.05, 3.63) is 65.4 Å². The molecule has 0 bridgehead atoms.